The Bertz CT molecular complexity index is 783. The lowest BCUT2D eigenvalue weighted by Crippen LogP contribution is -2.37. The molecule has 2 saturated carbocycles. The minimum Gasteiger partial charge on any atom is -0.459 e. The second-order valence-electron chi connectivity index (χ2n) is 9.30. The summed E-state index contributed by atoms with van der Waals surface area (Å²) in [5, 5.41) is 0. The van der Waals surface area contributed by atoms with Gasteiger partial charge in [-0.3, -0.25) is 0 Å². The van der Waals surface area contributed by atoms with E-state index in [1.807, 2.05) is 6.08 Å². The van der Waals surface area contributed by atoms with E-state index in [2.05, 4.69) is 18.7 Å². The molecule has 0 radical (unpaired) electrons. The average Bonchev–Trinajstić information content (AvgIpc) is 2.81. The van der Waals surface area contributed by atoms with Crippen LogP contribution < -0.4 is 9.47 Å². The first-order valence-corrected chi connectivity index (χ1v) is 12.0. The number of alkyl halides is 2. The van der Waals surface area contributed by atoms with E-state index in [0.29, 0.717) is 30.9 Å². The molecule has 33 heavy (non-hydrogen) atoms. The van der Waals surface area contributed by atoms with E-state index in [-0.39, 0.29) is 11.5 Å². The molecule has 3 rings (SSSR count). The standard InChI is InChI=1S/C27H34F4O2/c1-2-3-4-20-5-7-21(8-6-20)9-10-22-11-13-23(14-12-22)27(30,31)33-25-17-15-24(16-18-25)32-19-26(28)29/h2,9-10,15-23H,1,3-8,11-14H2. The minimum atomic E-state index is -3.27. The zero-order valence-corrected chi connectivity index (χ0v) is 19.0. The maximum absolute atomic E-state index is 14.7. The molecular formula is C27H34F4O2. The van der Waals surface area contributed by atoms with E-state index in [4.69, 9.17) is 9.47 Å². The third-order valence-electron chi connectivity index (χ3n) is 6.93. The van der Waals surface area contributed by atoms with E-state index in [1.165, 1.54) is 56.4 Å². The SMILES string of the molecule is C=CCCC1CCC(C=CC2CCC(C(F)(F)Oc3ccc(OC=C(F)F)cc3)CC2)CC1. The molecule has 0 saturated heterocycles. The molecule has 1 aromatic rings. The van der Waals surface area contributed by atoms with Gasteiger partial charge in [0.1, 0.15) is 11.5 Å². The molecule has 2 fully saturated rings. The van der Waals surface area contributed by atoms with Crippen molar-refractivity contribution < 1.29 is 27.0 Å². The van der Waals surface area contributed by atoms with Crippen LogP contribution in [-0.2, 0) is 0 Å². The maximum atomic E-state index is 14.7. The van der Waals surface area contributed by atoms with Crippen LogP contribution in [0.15, 0.2) is 61.4 Å². The molecule has 2 aliphatic carbocycles. The van der Waals surface area contributed by atoms with Gasteiger partial charge in [-0.25, -0.2) is 0 Å². The molecule has 0 aromatic heterocycles. The predicted octanol–water partition coefficient (Wildman–Crippen LogP) is 8.91. The third kappa shape index (κ3) is 8.24. The quantitative estimate of drug-likeness (QED) is 0.195. The Labute approximate surface area is 194 Å². The number of benzene rings is 1. The summed E-state index contributed by atoms with van der Waals surface area (Å²) in [4.78, 5) is 0. The molecule has 6 heteroatoms. The summed E-state index contributed by atoms with van der Waals surface area (Å²) in [5.74, 6) is 1.08. The first-order valence-electron chi connectivity index (χ1n) is 12.0. The molecule has 182 valence electrons. The molecule has 1 aromatic carbocycles. The van der Waals surface area contributed by atoms with Crippen LogP contribution in [0.25, 0.3) is 0 Å². The van der Waals surface area contributed by atoms with Crippen molar-refractivity contribution in [2.45, 2.75) is 70.3 Å². The predicted molar refractivity (Wildman–Crippen MR) is 122 cm³/mol. The number of hydrogen-bond donors (Lipinski definition) is 0. The number of hydrogen-bond acceptors (Lipinski definition) is 2. The van der Waals surface area contributed by atoms with E-state index < -0.39 is 18.1 Å². The molecule has 0 N–H and O–H groups in total. The van der Waals surface area contributed by atoms with Crippen molar-refractivity contribution >= 4 is 0 Å². The van der Waals surface area contributed by atoms with Crippen molar-refractivity contribution in [3.05, 3.63) is 61.4 Å². The normalized spacial score (nSPS) is 26.1. The first kappa shape index (κ1) is 25.4. The molecule has 0 heterocycles. The Balaban J connectivity index is 1.41. The van der Waals surface area contributed by atoms with Crippen LogP contribution in [-0.4, -0.2) is 6.11 Å². The highest BCUT2D eigenvalue weighted by molar-refractivity contribution is 5.32. The Morgan fingerprint density at radius 2 is 1.42 bits per heavy atom. The highest BCUT2D eigenvalue weighted by atomic mass is 19.3. The molecule has 2 aliphatic rings. The second kappa shape index (κ2) is 12.3. The molecule has 0 aliphatic heterocycles. The lowest BCUT2D eigenvalue weighted by atomic mass is 9.78. The van der Waals surface area contributed by atoms with Gasteiger partial charge in [0.25, 0.3) is 0 Å². The largest absolute Gasteiger partial charge is 0.459 e. The smallest absolute Gasteiger partial charge is 0.400 e. The van der Waals surface area contributed by atoms with Crippen LogP contribution in [0.5, 0.6) is 11.5 Å². The first-order chi connectivity index (χ1) is 15.9. The number of allylic oxidation sites excluding steroid dienone is 3. The Kier molecular flexibility index (Phi) is 9.45. The highest BCUT2D eigenvalue weighted by Crippen LogP contribution is 2.41. The van der Waals surface area contributed by atoms with E-state index >= 15 is 0 Å². The van der Waals surface area contributed by atoms with Gasteiger partial charge in [0.2, 0.25) is 0 Å². The minimum absolute atomic E-state index is 0.0113. The summed E-state index contributed by atoms with van der Waals surface area (Å²) in [6, 6.07) is 5.24. The summed E-state index contributed by atoms with van der Waals surface area (Å²) in [5.41, 5.74) is 0. The van der Waals surface area contributed by atoms with Crippen LogP contribution in [0.2, 0.25) is 0 Å². The van der Waals surface area contributed by atoms with Crippen LogP contribution in [0.3, 0.4) is 0 Å². The summed E-state index contributed by atoms with van der Waals surface area (Å²) in [6.07, 6.45) is 11.3. The van der Waals surface area contributed by atoms with Crippen molar-refractivity contribution in [1.82, 2.24) is 0 Å². The summed E-state index contributed by atoms with van der Waals surface area (Å²) >= 11 is 0. The average molecular weight is 467 g/mol. The zero-order valence-electron chi connectivity index (χ0n) is 19.0. The molecule has 0 bridgehead atoms. The second-order valence-corrected chi connectivity index (χ2v) is 9.30. The Morgan fingerprint density at radius 1 is 0.879 bits per heavy atom. The van der Waals surface area contributed by atoms with Crippen molar-refractivity contribution in [3.63, 3.8) is 0 Å². The van der Waals surface area contributed by atoms with E-state index in [0.717, 1.165) is 25.2 Å². The molecule has 2 nitrogen and oxygen atoms in total. The Hall–Kier alpha value is -2.24. The summed E-state index contributed by atoms with van der Waals surface area (Å²) in [6.45, 7) is 3.80. The fourth-order valence-corrected chi connectivity index (χ4v) is 4.92. The monoisotopic (exact) mass is 466 g/mol. The van der Waals surface area contributed by atoms with Crippen LogP contribution >= 0.6 is 0 Å². The molecule has 0 amide bonds. The van der Waals surface area contributed by atoms with Gasteiger partial charge in [-0.15, -0.1) is 6.58 Å². The number of halogens is 4. The van der Waals surface area contributed by atoms with Crippen molar-refractivity contribution in [3.8, 4) is 11.5 Å². The van der Waals surface area contributed by atoms with Gasteiger partial charge in [0, 0.05) is 0 Å². The summed E-state index contributed by atoms with van der Waals surface area (Å²) in [7, 11) is 0. The van der Waals surface area contributed by atoms with E-state index in [9.17, 15) is 17.6 Å². The van der Waals surface area contributed by atoms with Gasteiger partial charge in [-0.2, -0.15) is 17.6 Å². The third-order valence-corrected chi connectivity index (χ3v) is 6.93. The van der Waals surface area contributed by atoms with Gasteiger partial charge in [0.05, 0.1) is 5.92 Å². The summed E-state index contributed by atoms with van der Waals surface area (Å²) < 4.78 is 63.2. The lowest BCUT2D eigenvalue weighted by molar-refractivity contribution is -0.223. The van der Waals surface area contributed by atoms with Crippen LogP contribution in [0.1, 0.15) is 64.2 Å². The van der Waals surface area contributed by atoms with Gasteiger partial charge in [-0.05, 0) is 106 Å². The maximum Gasteiger partial charge on any atom is 0.400 e. The lowest BCUT2D eigenvalue weighted by Gasteiger charge is -2.32. The van der Waals surface area contributed by atoms with Crippen molar-refractivity contribution in [2.24, 2.45) is 23.7 Å². The number of ether oxygens (including phenoxy) is 2. The van der Waals surface area contributed by atoms with Gasteiger partial charge in [-0.1, -0.05) is 18.2 Å². The van der Waals surface area contributed by atoms with Gasteiger partial charge >= 0.3 is 12.2 Å². The van der Waals surface area contributed by atoms with Gasteiger partial charge < -0.3 is 9.47 Å². The Morgan fingerprint density at radius 3 is 1.97 bits per heavy atom. The zero-order chi connectivity index (χ0) is 23.7. The molecule has 0 unspecified atom stereocenters. The van der Waals surface area contributed by atoms with Crippen LogP contribution in [0.4, 0.5) is 17.6 Å². The highest BCUT2D eigenvalue weighted by Gasteiger charge is 2.43. The topological polar surface area (TPSA) is 18.5 Å². The number of rotatable bonds is 10. The molecular weight excluding hydrogens is 432 g/mol. The fourth-order valence-electron chi connectivity index (χ4n) is 4.92. The fraction of sp³-hybridized carbons (Fsp3) is 0.556. The van der Waals surface area contributed by atoms with Gasteiger partial charge in [0.15, 0.2) is 6.26 Å². The van der Waals surface area contributed by atoms with Crippen LogP contribution in [0, 0.1) is 23.7 Å². The molecule has 0 spiro atoms. The molecule has 0 atom stereocenters. The van der Waals surface area contributed by atoms with Crippen molar-refractivity contribution in [1.29, 1.82) is 0 Å². The van der Waals surface area contributed by atoms with E-state index in [1.54, 1.807) is 0 Å². The van der Waals surface area contributed by atoms with Crippen molar-refractivity contribution in [2.75, 3.05) is 0 Å².